The molecule has 0 bridgehead atoms. The Morgan fingerprint density at radius 2 is 2.24 bits per heavy atom. The van der Waals surface area contributed by atoms with Crippen LogP contribution in [0.4, 0.5) is 0 Å². The molecule has 0 amide bonds. The standard InChI is InChI=1S/C14H26N4O2S/c1-4-9-18(13-7-6-8-15-10-13)21(19,20)14-11-17(5-2)12(3)16-14/h11,13,15H,4-10H2,1-3H3. The zero-order valence-electron chi connectivity index (χ0n) is 13.2. The van der Waals surface area contributed by atoms with Crippen molar-refractivity contribution in [3.8, 4) is 0 Å². The topological polar surface area (TPSA) is 67.2 Å². The second-order valence-electron chi connectivity index (χ2n) is 5.53. The Bertz CT molecular complexity index is 562. The average molecular weight is 314 g/mol. The Balaban J connectivity index is 2.31. The first-order valence-corrected chi connectivity index (χ1v) is 9.21. The summed E-state index contributed by atoms with van der Waals surface area (Å²) >= 11 is 0. The van der Waals surface area contributed by atoms with E-state index in [1.165, 1.54) is 0 Å². The van der Waals surface area contributed by atoms with Gasteiger partial charge < -0.3 is 9.88 Å². The van der Waals surface area contributed by atoms with Gasteiger partial charge in [-0.25, -0.2) is 13.4 Å². The molecule has 1 unspecified atom stereocenters. The van der Waals surface area contributed by atoms with E-state index < -0.39 is 10.0 Å². The van der Waals surface area contributed by atoms with E-state index in [4.69, 9.17) is 0 Å². The largest absolute Gasteiger partial charge is 0.334 e. The number of aryl methyl sites for hydroxylation is 2. The molecular weight excluding hydrogens is 288 g/mol. The van der Waals surface area contributed by atoms with Gasteiger partial charge in [0.25, 0.3) is 10.0 Å². The lowest BCUT2D eigenvalue weighted by molar-refractivity contribution is 0.265. The van der Waals surface area contributed by atoms with Crippen LogP contribution in [0.5, 0.6) is 0 Å². The molecule has 0 spiro atoms. The molecule has 2 heterocycles. The van der Waals surface area contributed by atoms with Gasteiger partial charge in [-0.15, -0.1) is 0 Å². The summed E-state index contributed by atoms with van der Waals surface area (Å²) in [6, 6.07) is 0.0378. The highest BCUT2D eigenvalue weighted by atomic mass is 32.2. The summed E-state index contributed by atoms with van der Waals surface area (Å²) in [5.41, 5.74) is 0. The number of nitrogens with zero attached hydrogens (tertiary/aromatic N) is 3. The predicted octanol–water partition coefficient (Wildman–Crippen LogP) is 1.36. The molecule has 1 aromatic rings. The second kappa shape index (κ2) is 6.89. The fraction of sp³-hybridized carbons (Fsp3) is 0.786. The normalized spacial score (nSPS) is 20.1. The van der Waals surface area contributed by atoms with Crippen molar-refractivity contribution in [3.05, 3.63) is 12.0 Å². The van der Waals surface area contributed by atoms with Crippen molar-refractivity contribution in [2.45, 2.75) is 57.6 Å². The van der Waals surface area contributed by atoms with E-state index in [1.54, 1.807) is 10.5 Å². The van der Waals surface area contributed by atoms with Crippen molar-refractivity contribution >= 4 is 10.0 Å². The second-order valence-corrected chi connectivity index (χ2v) is 7.37. The SMILES string of the molecule is CCCN(C1CCCNC1)S(=O)(=O)c1cn(CC)c(C)n1. The maximum Gasteiger partial charge on any atom is 0.262 e. The lowest BCUT2D eigenvalue weighted by Crippen LogP contribution is -2.49. The Morgan fingerprint density at radius 1 is 1.48 bits per heavy atom. The summed E-state index contributed by atoms with van der Waals surface area (Å²) in [5.74, 6) is 0.745. The van der Waals surface area contributed by atoms with Crippen LogP contribution < -0.4 is 5.32 Å². The van der Waals surface area contributed by atoms with E-state index in [1.807, 2.05) is 25.3 Å². The van der Waals surface area contributed by atoms with Gasteiger partial charge in [0, 0.05) is 31.9 Å². The molecule has 0 aromatic carbocycles. The summed E-state index contributed by atoms with van der Waals surface area (Å²) < 4.78 is 29.4. The van der Waals surface area contributed by atoms with Gasteiger partial charge >= 0.3 is 0 Å². The van der Waals surface area contributed by atoms with Crippen LogP contribution >= 0.6 is 0 Å². The van der Waals surface area contributed by atoms with Crippen molar-refractivity contribution in [2.24, 2.45) is 0 Å². The van der Waals surface area contributed by atoms with Gasteiger partial charge in [0.15, 0.2) is 5.03 Å². The number of aromatic nitrogens is 2. The number of nitrogens with one attached hydrogen (secondary N) is 1. The monoisotopic (exact) mass is 314 g/mol. The predicted molar refractivity (Wildman–Crippen MR) is 82.7 cm³/mol. The zero-order chi connectivity index (χ0) is 15.5. The highest BCUT2D eigenvalue weighted by Gasteiger charge is 2.33. The van der Waals surface area contributed by atoms with E-state index in [0.29, 0.717) is 6.54 Å². The van der Waals surface area contributed by atoms with Crippen LogP contribution in [0.2, 0.25) is 0 Å². The quantitative estimate of drug-likeness (QED) is 0.861. The Morgan fingerprint density at radius 3 is 2.76 bits per heavy atom. The summed E-state index contributed by atoms with van der Waals surface area (Å²) in [4.78, 5) is 4.26. The fourth-order valence-electron chi connectivity index (χ4n) is 2.84. The number of piperidine rings is 1. The van der Waals surface area contributed by atoms with Crippen LogP contribution in [0, 0.1) is 6.92 Å². The van der Waals surface area contributed by atoms with Gasteiger partial charge in [-0.2, -0.15) is 4.31 Å². The minimum atomic E-state index is -3.51. The van der Waals surface area contributed by atoms with Gasteiger partial charge in [0.2, 0.25) is 0 Å². The molecule has 21 heavy (non-hydrogen) atoms. The molecule has 1 aliphatic heterocycles. The third kappa shape index (κ3) is 3.46. The van der Waals surface area contributed by atoms with Crippen molar-refractivity contribution in [3.63, 3.8) is 0 Å². The van der Waals surface area contributed by atoms with Crippen molar-refractivity contribution < 1.29 is 8.42 Å². The first kappa shape index (κ1) is 16.5. The summed E-state index contributed by atoms with van der Waals surface area (Å²) in [6.45, 7) is 8.82. The molecule has 2 rings (SSSR count). The molecular formula is C14H26N4O2S. The van der Waals surface area contributed by atoms with E-state index in [-0.39, 0.29) is 11.1 Å². The molecule has 1 atom stereocenters. The van der Waals surface area contributed by atoms with E-state index in [9.17, 15) is 8.42 Å². The van der Waals surface area contributed by atoms with Crippen LogP contribution in [0.15, 0.2) is 11.2 Å². The van der Waals surface area contributed by atoms with Crippen molar-refractivity contribution in [2.75, 3.05) is 19.6 Å². The molecule has 1 saturated heterocycles. The smallest absolute Gasteiger partial charge is 0.262 e. The molecule has 0 aliphatic carbocycles. The van der Waals surface area contributed by atoms with Gasteiger partial charge in [-0.1, -0.05) is 6.92 Å². The first-order valence-electron chi connectivity index (χ1n) is 7.77. The van der Waals surface area contributed by atoms with Crippen molar-refractivity contribution in [1.82, 2.24) is 19.2 Å². The third-order valence-electron chi connectivity index (χ3n) is 3.99. The van der Waals surface area contributed by atoms with E-state index >= 15 is 0 Å². The molecule has 1 fully saturated rings. The summed E-state index contributed by atoms with van der Waals surface area (Å²) in [7, 11) is -3.51. The number of hydrogen-bond donors (Lipinski definition) is 1. The zero-order valence-corrected chi connectivity index (χ0v) is 14.0. The maximum absolute atomic E-state index is 12.9. The van der Waals surface area contributed by atoms with E-state index in [0.717, 1.165) is 44.7 Å². The Kier molecular flexibility index (Phi) is 5.40. The molecule has 1 aromatic heterocycles. The highest BCUT2D eigenvalue weighted by Crippen LogP contribution is 2.21. The number of imidazole rings is 1. The lowest BCUT2D eigenvalue weighted by Gasteiger charge is -2.33. The van der Waals surface area contributed by atoms with E-state index in [2.05, 4.69) is 10.3 Å². The third-order valence-corrected chi connectivity index (χ3v) is 5.81. The van der Waals surface area contributed by atoms with Gasteiger partial charge in [0.1, 0.15) is 5.82 Å². The van der Waals surface area contributed by atoms with Gasteiger partial charge in [0.05, 0.1) is 0 Å². The van der Waals surface area contributed by atoms with Gasteiger partial charge in [-0.3, -0.25) is 0 Å². The summed E-state index contributed by atoms with van der Waals surface area (Å²) in [5, 5.41) is 3.47. The number of rotatable bonds is 6. The lowest BCUT2D eigenvalue weighted by atomic mass is 10.1. The van der Waals surface area contributed by atoms with Crippen LogP contribution in [-0.2, 0) is 16.6 Å². The first-order chi connectivity index (χ1) is 10.0. The molecule has 0 saturated carbocycles. The summed E-state index contributed by atoms with van der Waals surface area (Å²) in [6.07, 6.45) is 4.40. The van der Waals surface area contributed by atoms with Crippen LogP contribution in [0.1, 0.15) is 38.9 Å². The molecule has 7 heteroatoms. The Hall–Kier alpha value is -0.920. The molecule has 120 valence electrons. The number of sulfonamides is 1. The molecule has 1 N–H and O–H groups in total. The van der Waals surface area contributed by atoms with Crippen LogP contribution in [-0.4, -0.2) is 48.0 Å². The highest BCUT2D eigenvalue weighted by molar-refractivity contribution is 7.89. The van der Waals surface area contributed by atoms with Crippen LogP contribution in [0.25, 0.3) is 0 Å². The minimum Gasteiger partial charge on any atom is -0.334 e. The van der Waals surface area contributed by atoms with Crippen LogP contribution in [0.3, 0.4) is 0 Å². The average Bonchev–Trinajstić information content (AvgIpc) is 2.87. The molecule has 6 nitrogen and oxygen atoms in total. The molecule has 1 aliphatic rings. The maximum atomic E-state index is 12.9. The fourth-order valence-corrected chi connectivity index (χ4v) is 4.59. The minimum absolute atomic E-state index is 0.0378. The van der Waals surface area contributed by atoms with Crippen molar-refractivity contribution in [1.29, 1.82) is 0 Å². The number of hydrogen-bond acceptors (Lipinski definition) is 4. The Labute approximate surface area is 127 Å². The van der Waals surface area contributed by atoms with Gasteiger partial charge in [-0.05, 0) is 39.7 Å². The molecule has 0 radical (unpaired) electrons.